The second-order valence-corrected chi connectivity index (χ2v) is 12.2. The molecule has 2 aromatic rings. The fourth-order valence-corrected chi connectivity index (χ4v) is 4.50. The normalized spacial score (nSPS) is 12.8. The monoisotopic (exact) mass is 450 g/mol. The fourth-order valence-electron chi connectivity index (χ4n) is 3.29. The molecule has 0 fully saturated rings. The van der Waals surface area contributed by atoms with Gasteiger partial charge in [0, 0.05) is 18.5 Å². The Labute approximate surface area is 196 Å². The number of likely N-dealkylation sites (N-methyl/N-ethyl adjacent to an activating group) is 1. The lowest BCUT2D eigenvalue weighted by molar-refractivity contribution is 0.278. The van der Waals surface area contributed by atoms with Gasteiger partial charge in [0.05, 0.1) is 0 Å². The highest BCUT2D eigenvalue weighted by atomic mass is 28.3. The van der Waals surface area contributed by atoms with Crippen molar-refractivity contribution in [1.29, 1.82) is 0 Å². The summed E-state index contributed by atoms with van der Waals surface area (Å²) in [5.74, 6) is 7.05. The Kier molecular flexibility index (Phi) is 9.75. The molecule has 2 aromatic carbocycles. The van der Waals surface area contributed by atoms with Crippen molar-refractivity contribution in [2.45, 2.75) is 60.0 Å². The minimum absolute atomic E-state index is 0.0256. The van der Waals surface area contributed by atoms with Crippen LogP contribution in [0.4, 0.5) is 4.39 Å². The van der Waals surface area contributed by atoms with Crippen molar-refractivity contribution in [3.05, 3.63) is 77.1 Å². The first-order chi connectivity index (χ1) is 15.1. The van der Waals surface area contributed by atoms with E-state index in [0.717, 1.165) is 30.9 Å². The zero-order valence-electron chi connectivity index (χ0n) is 20.6. The first-order valence-electron chi connectivity index (χ1n) is 11.3. The molecule has 171 valence electrons. The Balaban J connectivity index is 2.08. The summed E-state index contributed by atoms with van der Waals surface area (Å²) in [5, 5.41) is 0. The Hall–Kier alpha value is -2.35. The van der Waals surface area contributed by atoms with Crippen LogP contribution in [0, 0.1) is 30.0 Å². The molecule has 4 heteroatoms. The maximum atomic E-state index is 13.7. The van der Waals surface area contributed by atoms with Crippen LogP contribution in [0.1, 0.15) is 50.1 Å². The summed E-state index contributed by atoms with van der Waals surface area (Å²) < 4.78 is 20.2. The van der Waals surface area contributed by atoms with Gasteiger partial charge in [0.15, 0.2) is 0 Å². The summed E-state index contributed by atoms with van der Waals surface area (Å²) in [6, 6.07) is 13.6. The molecule has 1 atom stereocenters. The molecule has 1 unspecified atom stereocenters. The van der Waals surface area contributed by atoms with Gasteiger partial charge < -0.3 is 4.74 Å². The van der Waals surface area contributed by atoms with Crippen molar-refractivity contribution in [3.63, 3.8) is 0 Å². The zero-order valence-corrected chi connectivity index (χ0v) is 21.6. The molecule has 0 saturated heterocycles. The Morgan fingerprint density at radius 3 is 2.53 bits per heavy atom. The van der Waals surface area contributed by atoms with E-state index in [1.807, 2.05) is 30.3 Å². The van der Waals surface area contributed by atoms with E-state index in [-0.39, 0.29) is 17.0 Å². The van der Waals surface area contributed by atoms with Crippen LogP contribution in [-0.2, 0) is 6.54 Å². The van der Waals surface area contributed by atoms with Crippen molar-refractivity contribution in [2.75, 3.05) is 13.1 Å². The lowest BCUT2D eigenvalue weighted by atomic mass is 9.98. The van der Waals surface area contributed by atoms with Gasteiger partial charge >= 0.3 is 0 Å². The highest BCUT2D eigenvalue weighted by molar-refractivity contribution is 6.57. The largest absolute Gasteiger partial charge is 0.490 e. The molecule has 0 spiro atoms. The number of hydrogen-bond donors (Lipinski definition) is 0. The topological polar surface area (TPSA) is 12.5 Å². The van der Waals surface area contributed by atoms with Gasteiger partial charge in [0.25, 0.3) is 0 Å². The summed E-state index contributed by atoms with van der Waals surface area (Å²) in [5.41, 5.74) is 2.92. The number of rotatable bonds is 9. The minimum atomic E-state index is -0.797. The third-order valence-electron chi connectivity index (χ3n) is 5.03. The van der Waals surface area contributed by atoms with Crippen LogP contribution in [0.15, 0.2) is 54.6 Å². The highest BCUT2D eigenvalue weighted by Gasteiger charge is 2.20. The average Bonchev–Trinajstić information content (AvgIpc) is 2.72. The fraction of sp³-hybridized carbons (Fsp3) is 0.429. The van der Waals surface area contributed by atoms with Crippen LogP contribution in [0.5, 0.6) is 5.75 Å². The number of aryl methyl sites for hydroxylation is 1. The van der Waals surface area contributed by atoms with Crippen LogP contribution in [0.25, 0.3) is 0 Å². The molecular weight excluding hydrogens is 413 g/mol. The summed E-state index contributed by atoms with van der Waals surface area (Å²) in [7, 11) is -0.797. The molecule has 0 aliphatic carbocycles. The lowest BCUT2D eigenvalue weighted by Crippen LogP contribution is -2.23. The van der Waals surface area contributed by atoms with Crippen molar-refractivity contribution in [2.24, 2.45) is 5.41 Å². The van der Waals surface area contributed by atoms with E-state index >= 15 is 0 Å². The summed E-state index contributed by atoms with van der Waals surface area (Å²) in [6.07, 6.45) is 4.08. The molecule has 1 radical (unpaired) electrons. The predicted molar refractivity (Wildman–Crippen MR) is 136 cm³/mol. The van der Waals surface area contributed by atoms with Gasteiger partial charge in [-0.05, 0) is 81.3 Å². The van der Waals surface area contributed by atoms with Crippen LogP contribution in [0.3, 0.4) is 0 Å². The molecule has 0 saturated carbocycles. The summed E-state index contributed by atoms with van der Waals surface area (Å²) in [4.78, 5) is 2.37. The summed E-state index contributed by atoms with van der Waals surface area (Å²) >= 11 is 0. The first-order valence-corrected chi connectivity index (χ1v) is 13.9. The lowest BCUT2D eigenvalue weighted by Gasteiger charge is -2.24. The van der Waals surface area contributed by atoms with E-state index in [0.29, 0.717) is 5.56 Å². The first kappa shape index (κ1) is 25.9. The number of allylic oxidation sites excluding steroid dienone is 1. The van der Waals surface area contributed by atoms with E-state index in [1.165, 1.54) is 5.56 Å². The molecule has 32 heavy (non-hydrogen) atoms. The molecule has 0 amide bonds. The third kappa shape index (κ3) is 8.65. The van der Waals surface area contributed by atoms with Crippen LogP contribution < -0.4 is 4.74 Å². The quantitative estimate of drug-likeness (QED) is 0.302. The molecule has 0 aliphatic rings. The summed E-state index contributed by atoms with van der Waals surface area (Å²) in [6.45, 7) is 17.4. The number of halogens is 1. The van der Waals surface area contributed by atoms with Gasteiger partial charge in [-0.15, -0.1) is 0 Å². The van der Waals surface area contributed by atoms with Gasteiger partial charge in [0.1, 0.15) is 26.1 Å². The number of ether oxygens (including phenoxy) is 1. The number of nitrogens with zero attached hydrogens (tertiary/aromatic N) is 1. The van der Waals surface area contributed by atoms with Crippen LogP contribution in [-0.4, -0.2) is 26.8 Å². The van der Waals surface area contributed by atoms with Crippen LogP contribution in [0.2, 0.25) is 13.1 Å². The predicted octanol–water partition coefficient (Wildman–Crippen LogP) is 6.98. The van der Waals surface area contributed by atoms with Crippen molar-refractivity contribution < 1.29 is 9.13 Å². The molecule has 0 heterocycles. The second kappa shape index (κ2) is 12.0. The highest BCUT2D eigenvalue weighted by Crippen LogP contribution is 2.27. The minimum Gasteiger partial charge on any atom is -0.490 e. The Morgan fingerprint density at radius 2 is 1.91 bits per heavy atom. The molecule has 0 bridgehead atoms. The maximum Gasteiger partial charge on any atom is 0.126 e. The Bertz CT molecular complexity index is 965. The number of benzene rings is 2. The average molecular weight is 451 g/mol. The van der Waals surface area contributed by atoms with E-state index in [2.05, 4.69) is 75.7 Å². The van der Waals surface area contributed by atoms with E-state index in [4.69, 9.17) is 4.74 Å². The Morgan fingerprint density at radius 1 is 1.16 bits per heavy atom. The van der Waals surface area contributed by atoms with Gasteiger partial charge in [-0.3, -0.25) is 4.90 Å². The second-order valence-electron chi connectivity index (χ2n) is 9.48. The molecule has 0 aliphatic heterocycles. The SMILES string of the molecule is CCN(C/C=C/C#CC(C)(C)C)Cc1cccc(OC(c2ccc(F)c(C)c2)[Si](C)C)c1. The van der Waals surface area contributed by atoms with Crippen molar-refractivity contribution >= 4 is 8.80 Å². The molecule has 0 aromatic heterocycles. The smallest absolute Gasteiger partial charge is 0.126 e. The standard InChI is InChI=1S/C28H37FNOSi/c1-8-30(18-11-9-10-17-28(3,4)5)21-23-13-12-14-25(20-23)31-27(32(6)7)24-15-16-26(29)22(2)19-24/h9,11-16,19-20,27H,8,18,21H2,1-7H3/b11-9+. The molecular formula is C28H37FNOSi. The maximum absolute atomic E-state index is 13.7. The number of hydrogen-bond acceptors (Lipinski definition) is 2. The van der Waals surface area contributed by atoms with Gasteiger partial charge in [-0.1, -0.05) is 56.1 Å². The van der Waals surface area contributed by atoms with Crippen LogP contribution >= 0.6 is 0 Å². The molecule has 2 nitrogen and oxygen atoms in total. The van der Waals surface area contributed by atoms with Crippen molar-refractivity contribution in [1.82, 2.24) is 4.90 Å². The van der Waals surface area contributed by atoms with E-state index < -0.39 is 8.80 Å². The van der Waals surface area contributed by atoms with E-state index in [1.54, 1.807) is 13.0 Å². The van der Waals surface area contributed by atoms with Gasteiger partial charge in [-0.25, -0.2) is 4.39 Å². The van der Waals surface area contributed by atoms with Crippen molar-refractivity contribution in [3.8, 4) is 17.6 Å². The van der Waals surface area contributed by atoms with E-state index in [9.17, 15) is 4.39 Å². The van der Waals surface area contributed by atoms with Gasteiger partial charge in [0.2, 0.25) is 0 Å². The molecule has 0 N–H and O–H groups in total. The molecule has 2 rings (SSSR count). The zero-order chi connectivity index (χ0) is 23.7. The van der Waals surface area contributed by atoms with Gasteiger partial charge in [-0.2, -0.15) is 0 Å². The third-order valence-corrected chi connectivity index (χ3v) is 6.53.